The minimum Gasteiger partial charge on any atom is -0.465 e. The summed E-state index contributed by atoms with van der Waals surface area (Å²) < 4.78 is 4.92. The van der Waals surface area contributed by atoms with Gasteiger partial charge in [-0.05, 0) is 44.8 Å². The SMILES string of the molecule is COC(=O)c1cc(-c2ccccc2)c2c(ccc3ccccc32)c1. The number of ether oxygens (including phenoxy) is 1. The first-order chi connectivity index (χ1) is 11.8. The van der Waals surface area contributed by atoms with E-state index in [2.05, 4.69) is 36.4 Å². The van der Waals surface area contributed by atoms with E-state index in [1.807, 2.05) is 42.5 Å². The lowest BCUT2D eigenvalue weighted by molar-refractivity contribution is 0.0601. The molecule has 4 aromatic carbocycles. The summed E-state index contributed by atoms with van der Waals surface area (Å²) in [6.07, 6.45) is 0. The lowest BCUT2D eigenvalue weighted by atomic mass is 9.92. The molecular formula is C22H16O2. The first kappa shape index (κ1) is 14.5. The topological polar surface area (TPSA) is 26.3 Å². The van der Waals surface area contributed by atoms with Crippen LogP contribution in [0, 0.1) is 0 Å². The van der Waals surface area contributed by atoms with E-state index in [0.29, 0.717) is 5.56 Å². The maximum absolute atomic E-state index is 12.1. The maximum Gasteiger partial charge on any atom is 0.337 e. The molecule has 4 aromatic rings. The zero-order valence-corrected chi connectivity index (χ0v) is 13.3. The highest BCUT2D eigenvalue weighted by Gasteiger charge is 2.13. The number of hydrogen-bond acceptors (Lipinski definition) is 2. The van der Waals surface area contributed by atoms with E-state index in [-0.39, 0.29) is 5.97 Å². The van der Waals surface area contributed by atoms with Gasteiger partial charge in [-0.15, -0.1) is 0 Å². The molecule has 2 heteroatoms. The van der Waals surface area contributed by atoms with E-state index in [1.165, 1.54) is 17.9 Å². The van der Waals surface area contributed by atoms with Gasteiger partial charge in [-0.3, -0.25) is 0 Å². The van der Waals surface area contributed by atoms with Crippen molar-refractivity contribution in [3.63, 3.8) is 0 Å². The first-order valence-corrected chi connectivity index (χ1v) is 7.87. The monoisotopic (exact) mass is 312 g/mol. The molecule has 0 heterocycles. The van der Waals surface area contributed by atoms with Gasteiger partial charge in [0, 0.05) is 0 Å². The van der Waals surface area contributed by atoms with Gasteiger partial charge in [-0.1, -0.05) is 66.7 Å². The molecule has 0 unspecified atom stereocenters. The van der Waals surface area contributed by atoms with E-state index >= 15 is 0 Å². The smallest absolute Gasteiger partial charge is 0.337 e. The molecule has 0 aliphatic rings. The molecule has 0 saturated heterocycles. The largest absolute Gasteiger partial charge is 0.465 e. The molecule has 0 N–H and O–H groups in total. The molecular weight excluding hydrogens is 296 g/mol. The Bertz CT molecular complexity index is 1050. The average Bonchev–Trinajstić information content (AvgIpc) is 2.67. The Morgan fingerprint density at radius 1 is 0.792 bits per heavy atom. The summed E-state index contributed by atoms with van der Waals surface area (Å²) in [6, 6.07) is 26.5. The van der Waals surface area contributed by atoms with Gasteiger partial charge in [0.05, 0.1) is 12.7 Å². The van der Waals surface area contributed by atoms with Gasteiger partial charge in [0.2, 0.25) is 0 Å². The summed E-state index contributed by atoms with van der Waals surface area (Å²) in [5.74, 6) is -0.317. The van der Waals surface area contributed by atoms with Gasteiger partial charge in [-0.25, -0.2) is 4.79 Å². The molecule has 0 aliphatic carbocycles. The van der Waals surface area contributed by atoms with Crippen LogP contribution < -0.4 is 0 Å². The van der Waals surface area contributed by atoms with Crippen LogP contribution in [0.5, 0.6) is 0 Å². The Labute approximate surface area is 140 Å². The first-order valence-electron chi connectivity index (χ1n) is 7.87. The number of hydrogen-bond donors (Lipinski definition) is 0. The van der Waals surface area contributed by atoms with Gasteiger partial charge in [0.15, 0.2) is 0 Å². The van der Waals surface area contributed by atoms with Crippen LogP contribution in [0.2, 0.25) is 0 Å². The third kappa shape index (κ3) is 2.33. The van der Waals surface area contributed by atoms with Gasteiger partial charge in [0.1, 0.15) is 0 Å². The van der Waals surface area contributed by atoms with Crippen molar-refractivity contribution in [2.45, 2.75) is 0 Å². The fourth-order valence-electron chi connectivity index (χ4n) is 3.23. The van der Waals surface area contributed by atoms with Crippen LogP contribution in [0.4, 0.5) is 0 Å². The molecule has 4 rings (SSSR count). The molecule has 0 amide bonds. The molecule has 0 radical (unpaired) electrons. The summed E-state index contributed by atoms with van der Waals surface area (Å²) in [5.41, 5.74) is 2.70. The van der Waals surface area contributed by atoms with E-state index in [9.17, 15) is 4.79 Å². The van der Waals surface area contributed by atoms with Gasteiger partial charge >= 0.3 is 5.97 Å². The number of benzene rings is 4. The van der Waals surface area contributed by atoms with E-state index in [1.54, 1.807) is 0 Å². The van der Waals surface area contributed by atoms with Crippen molar-refractivity contribution in [3.8, 4) is 11.1 Å². The Morgan fingerprint density at radius 2 is 1.50 bits per heavy atom. The third-order valence-corrected chi connectivity index (χ3v) is 4.35. The Balaban J connectivity index is 2.15. The maximum atomic E-state index is 12.1. The zero-order chi connectivity index (χ0) is 16.5. The van der Waals surface area contributed by atoms with Crippen LogP contribution in [0.25, 0.3) is 32.7 Å². The van der Waals surface area contributed by atoms with Crippen molar-refractivity contribution in [1.29, 1.82) is 0 Å². The zero-order valence-electron chi connectivity index (χ0n) is 13.3. The molecule has 0 aliphatic heterocycles. The normalized spacial score (nSPS) is 10.9. The fourth-order valence-corrected chi connectivity index (χ4v) is 3.23. The molecule has 2 nitrogen and oxygen atoms in total. The second kappa shape index (κ2) is 5.82. The molecule has 0 aromatic heterocycles. The van der Waals surface area contributed by atoms with Crippen molar-refractivity contribution in [3.05, 3.63) is 84.4 Å². The number of esters is 1. The second-order valence-corrected chi connectivity index (χ2v) is 5.77. The van der Waals surface area contributed by atoms with E-state index < -0.39 is 0 Å². The van der Waals surface area contributed by atoms with Crippen molar-refractivity contribution < 1.29 is 9.53 Å². The molecule has 0 fully saturated rings. The van der Waals surface area contributed by atoms with E-state index in [0.717, 1.165) is 21.9 Å². The Morgan fingerprint density at radius 3 is 2.29 bits per heavy atom. The molecule has 116 valence electrons. The van der Waals surface area contributed by atoms with Crippen LogP contribution in [0.15, 0.2) is 78.9 Å². The highest BCUT2D eigenvalue weighted by Crippen LogP contribution is 2.35. The molecule has 0 saturated carbocycles. The summed E-state index contributed by atoms with van der Waals surface area (Å²) >= 11 is 0. The fraction of sp³-hybridized carbons (Fsp3) is 0.0455. The number of carbonyl (C=O) groups is 1. The van der Waals surface area contributed by atoms with Crippen molar-refractivity contribution in [2.24, 2.45) is 0 Å². The van der Waals surface area contributed by atoms with Crippen LogP contribution >= 0.6 is 0 Å². The van der Waals surface area contributed by atoms with Crippen LogP contribution in [-0.2, 0) is 4.74 Å². The highest BCUT2D eigenvalue weighted by atomic mass is 16.5. The molecule has 0 bridgehead atoms. The molecule has 24 heavy (non-hydrogen) atoms. The lowest BCUT2D eigenvalue weighted by Crippen LogP contribution is -2.01. The van der Waals surface area contributed by atoms with Crippen molar-refractivity contribution in [1.82, 2.24) is 0 Å². The summed E-state index contributed by atoms with van der Waals surface area (Å²) in [7, 11) is 1.41. The predicted molar refractivity (Wildman–Crippen MR) is 98.2 cm³/mol. The Kier molecular flexibility index (Phi) is 3.51. The number of fused-ring (bicyclic) bond motifs is 3. The average molecular weight is 312 g/mol. The van der Waals surface area contributed by atoms with E-state index in [4.69, 9.17) is 4.74 Å². The lowest BCUT2D eigenvalue weighted by Gasteiger charge is -2.12. The molecule has 0 spiro atoms. The highest BCUT2D eigenvalue weighted by molar-refractivity contribution is 6.16. The minimum atomic E-state index is -0.317. The quantitative estimate of drug-likeness (QED) is 0.363. The van der Waals surface area contributed by atoms with Crippen molar-refractivity contribution in [2.75, 3.05) is 7.11 Å². The van der Waals surface area contributed by atoms with Crippen LogP contribution in [0.1, 0.15) is 10.4 Å². The third-order valence-electron chi connectivity index (χ3n) is 4.35. The van der Waals surface area contributed by atoms with Gasteiger partial charge in [-0.2, -0.15) is 0 Å². The minimum absolute atomic E-state index is 0.317. The number of rotatable bonds is 2. The van der Waals surface area contributed by atoms with Gasteiger partial charge < -0.3 is 4.74 Å². The van der Waals surface area contributed by atoms with Gasteiger partial charge in [0.25, 0.3) is 0 Å². The van der Waals surface area contributed by atoms with Crippen LogP contribution in [0.3, 0.4) is 0 Å². The van der Waals surface area contributed by atoms with Crippen molar-refractivity contribution >= 4 is 27.5 Å². The Hall–Kier alpha value is -3.13. The number of carbonyl (C=O) groups excluding carboxylic acids is 1. The molecule has 0 atom stereocenters. The summed E-state index contributed by atoms with van der Waals surface area (Å²) in [6.45, 7) is 0. The summed E-state index contributed by atoms with van der Waals surface area (Å²) in [4.78, 5) is 12.1. The van der Waals surface area contributed by atoms with Crippen LogP contribution in [-0.4, -0.2) is 13.1 Å². The predicted octanol–water partition coefficient (Wildman–Crippen LogP) is 5.45. The second-order valence-electron chi connectivity index (χ2n) is 5.77. The summed E-state index contributed by atoms with van der Waals surface area (Å²) in [5, 5.41) is 4.57. The standard InChI is InChI=1S/C22H16O2/c1-24-22(23)18-13-17-12-11-16-9-5-6-10-19(16)21(17)20(14-18)15-7-3-2-4-8-15/h2-14H,1H3. The number of methoxy groups -OCH3 is 1.